The Balaban J connectivity index is 1.32. The zero-order valence-corrected chi connectivity index (χ0v) is 12.9. The van der Waals surface area contributed by atoms with Crippen molar-refractivity contribution in [1.29, 1.82) is 0 Å². The molecule has 0 bridgehead atoms. The van der Waals surface area contributed by atoms with E-state index in [1.807, 2.05) is 0 Å². The minimum atomic E-state index is -4.63. The van der Waals surface area contributed by atoms with Gasteiger partial charge in [-0.1, -0.05) is 0 Å². The fourth-order valence-electron chi connectivity index (χ4n) is 3.64. The molecule has 1 saturated heterocycles. The Labute approximate surface area is 139 Å². The number of amides is 1. The molecule has 1 aromatic rings. The Bertz CT molecular complexity index is 660. The number of ether oxygens (including phenoxy) is 2. The summed E-state index contributed by atoms with van der Waals surface area (Å²) in [6.45, 7) is 0.223. The first-order valence-electron chi connectivity index (χ1n) is 7.99. The van der Waals surface area contributed by atoms with Crippen molar-refractivity contribution in [1.82, 2.24) is 15.5 Å². The largest absolute Gasteiger partial charge is 0.522 e. The van der Waals surface area contributed by atoms with Gasteiger partial charge in [-0.3, -0.25) is 4.74 Å². The summed E-state index contributed by atoms with van der Waals surface area (Å²) in [7, 11) is 0. The number of carbonyl (C=O) groups is 1. The lowest BCUT2D eigenvalue weighted by molar-refractivity contribution is -0.352. The van der Waals surface area contributed by atoms with Gasteiger partial charge in [-0.05, 0) is 31.1 Å². The lowest BCUT2D eigenvalue weighted by Crippen LogP contribution is -2.42. The van der Waals surface area contributed by atoms with Crippen LogP contribution in [-0.2, 0) is 9.47 Å². The van der Waals surface area contributed by atoms with Crippen LogP contribution < -0.4 is 5.32 Å². The Morgan fingerprint density at radius 2 is 1.92 bits per heavy atom. The Morgan fingerprint density at radius 1 is 1.20 bits per heavy atom. The predicted octanol–water partition coefficient (Wildman–Crippen LogP) is 2.20. The number of nitrogens with zero attached hydrogens (tertiary/aromatic N) is 2. The van der Waals surface area contributed by atoms with Crippen LogP contribution in [0.5, 0.6) is 0 Å². The summed E-state index contributed by atoms with van der Waals surface area (Å²) in [5, 5.41) is 19.1. The first-order chi connectivity index (χ1) is 11.8. The van der Waals surface area contributed by atoms with Gasteiger partial charge in [-0.2, -0.15) is 0 Å². The SMILES string of the molecule is O=C(O)N[C@H]1CO[C@H](c2nnc(C3CC(OC(F)(F)F)C3)o2)C2CC21. The molecule has 3 aliphatic rings. The lowest BCUT2D eigenvalue weighted by atomic mass is 9.82. The summed E-state index contributed by atoms with van der Waals surface area (Å²) >= 11 is 0. The third kappa shape index (κ3) is 3.43. The second-order valence-corrected chi connectivity index (χ2v) is 6.71. The molecule has 25 heavy (non-hydrogen) atoms. The van der Waals surface area contributed by atoms with E-state index in [2.05, 4.69) is 20.3 Å². The van der Waals surface area contributed by atoms with E-state index in [4.69, 9.17) is 14.3 Å². The van der Waals surface area contributed by atoms with E-state index in [1.165, 1.54) is 0 Å². The molecule has 0 aromatic carbocycles. The zero-order chi connectivity index (χ0) is 17.8. The molecule has 4 atom stereocenters. The van der Waals surface area contributed by atoms with Gasteiger partial charge in [0, 0.05) is 5.92 Å². The molecule has 2 heterocycles. The Morgan fingerprint density at radius 3 is 2.60 bits per heavy atom. The molecule has 0 spiro atoms. The van der Waals surface area contributed by atoms with E-state index in [-0.39, 0.29) is 49.3 Å². The van der Waals surface area contributed by atoms with Crippen LogP contribution in [0.15, 0.2) is 4.42 Å². The zero-order valence-electron chi connectivity index (χ0n) is 12.9. The number of nitrogens with one attached hydrogen (secondary N) is 1. The molecule has 1 aliphatic heterocycles. The molecule has 1 amide bonds. The second kappa shape index (κ2) is 5.84. The maximum absolute atomic E-state index is 12.1. The molecule has 4 rings (SSSR count). The topological polar surface area (TPSA) is 107 Å². The smallest absolute Gasteiger partial charge is 0.465 e. The third-order valence-electron chi connectivity index (χ3n) is 5.01. The van der Waals surface area contributed by atoms with Crippen LogP contribution in [0, 0.1) is 11.8 Å². The highest BCUT2D eigenvalue weighted by molar-refractivity contribution is 5.65. The molecule has 11 heteroatoms. The molecule has 0 radical (unpaired) electrons. The monoisotopic (exact) mass is 363 g/mol. The van der Waals surface area contributed by atoms with Crippen LogP contribution in [0.2, 0.25) is 0 Å². The molecular weight excluding hydrogens is 347 g/mol. The Kier molecular flexibility index (Phi) is 3.87. The first kappa shape index (κ1) is 16.6. The highest BCUT2D eigenvalue weighted by Gasteiger charge is 2.54. The number of hydrogen-bond donors (Lipinski definition) is 2. The van der Waals surface area contributed by atoms with Gasteiger partial charge in [-0.15, -0.1) is 23.4 Å². The number of alkyl halides is 3. The van der Waals surface area contributed by atoms with Crippen molar-refractivity contribution in [3.05, 3.63) is 11.8 Å². The van der Waals surface area contributed by atoms with Crippen molar-refractivity contribution < 1.29 is 37.0 Å². The van der Waals surface area contributed by atoms with Gasteiger partial charge in [0.15, 0.2) is 0 Å². The number of hydrogen-bond acceptors (Lipinski definition) is 6. The van der Waals surface area contributed by atoms with Gasteiger partial charge in [-0.25, -0.2) is 4.79 Å². The van der Waals surface area contributed by atoms with Gasteiger partial charge in [0.05, 0.1) is 18.8 Å². The van der Waals surface area contributed by atoms with Gasteiger partial charge < -0.3 is 19.6 Å². The molecule has 1 aromatic heterocycles. The highest BCUT2D eigenvalue weighted by atomic mass is 19.4. The predicted molar refractivity (Wildman–Crippen MR) is 72.4 cm³/mol. The maximum atomic E-state index is 12.1. The number of carboxylic acid groups (broad SMARTS) is 1. The van der Waals surface area contributed by atoms with Crippen molar-refractivity contribution in [2.24, 2.45) is 11.8 Å². The van der Waals surface area contributed by atoms with Gasteiger partial charge in [0.25, 0.3) is 0 Å². The fourth-order valence-corrected chi connectivity index (χ4v) is 3.64. The summed E-state index contributed by atoms with van der Waals surface area (Å²) < 4.78 is 51.6. The van der Waals surface area contributed by atoms with Gasteiger partial charge in [0.1, 0.15) is 6.10 Å². The van der Waals surface area contributed by atoms with E-state index in [9.17, 15) is 18.0 Å². The standard InChI is InChI=1S/C14H16F3N3O5/c15-14(16,17)25-6-1-5(2-6)11-19-20-12(24-11)10-8-3-7(8)9(4-23-10)18-13(21)22/h5-10,18H,1-4H2,(H,21,22)/t5?,6?,7?,8?,9-,10-/m0/s1. The van der Waals surface area contributed by atoms with Crippen molar-refractivity contribution >= 4 is 6.09 Å². The summed E-state index contributed by atoms with van der Waals surface area (Å²) in [5.41, 5.74) is 0. The minimum Gasteiger partial charge on any atom is -0.465 e. The van der Waals surface area contributed by atoms with Crippen LogP contribution in [0.25, 0.3) is 0 Å². The molecule has 8 nitrogen and oxygen atoms in total. The molecule has 2 unspecified atom stereocenters. The number of halogens is 3. The van der Waals surface area contributed by atoms with Crippen LogP contribution >= 0.6 is 0 Å². The second-order valence-electron chi connectivity index (χ2n) is 6.71. The molecule has 2 N–H and O–H groups in total. The number of fused-ring (bicyclic) bond motifs is 1. The summed E-state index contributed by atoms with van der Waals surface area (Å²) in [6, 6.07) is -0.243. The van der Waals surface area contributed by atoms with Crippen molar-refractivity contribution in [3.63, 3.8) is 0 Å². The average Bonchev–Trinajstić information content (AvgIpc) is 3.13. The van der Waals surface area contributed by atoms with Crippen LogP contribution in [0.3, 0.4) is 0 Å². The van der Waals surface area contributed by atoms with Crippen LogP contribution in [0.4, 0.5) is 18.0 Å². The molecule has 3 fully saturated rings. The van der Waals surface area contributed by atoms with E-state index in [1.54, 1.807) is 0 Å². The fraction of sp³-hybridized carbons (Fsp3) is 0.786. The van der Waals surface area contributed by atoms with Crippen molar-refractivity contribution in [2.75, 3.05) is 6.61 Å². The van der Waals surface area contributed by atoms with Crippen LogP contribution in [0.1, 0.15) is 43.1 Å². The van der Waals surface area contributed by atoms with E-state index in [0.717, 1.165) is 6.42 Å². The van der Waals surface area contributed by atoms with E-state index in [0.29, 0.717) is 11.8 Å². The molecule has 2 aliphatic carbocycles. The molecular formula is C14H16F3N3O5. The number of rotatable bonds is 4. The highest BCUT2D eigenvalue weighted by Crippen LogP contribution is 2.54. The molecule has 2 saturated carbocycles. The van der Waals surface area contributed by atoms with E-state index < -0.39 is 18.6 Å². The average molecular weight is 363 g/mol. The summed E-state index contributed by atoms with van der Waals surface area (Å²) in [4.78, 5) is 10.7. The Hall–Kier alpha value is -1.88. The van der Waals surface area contributed by atoms with E-state index >= 15 is 0 Å². The normalized spacial score (nSPS) is 37.1. The number of aromatic nitrogens is 2. The summed E-state index contributed by atoms with van der Waals surface area (Å²) in [5.74, 6) is 0.647. The quantitative estimate of drug-likeness (QED) is 0.844. The third-order valence-corrected chi connectivity index (χ3v) is 5.01. The maximum Gasteiger partial charge on any atom is 0.522 e. The lowest BCUT2D eigenvalue weighted by Gasteiger charge is -2.32. The van der Waals surface area contributed by atoms with Gasteiger partial charge >= 0.3 is 12.5 Å². The van der Waals surface area contributed by atoms with Crippen molar-refractivity contribution in [3.8, 4) is 0 Å². The summed E-state index contributed by atoms with van der Waals surface area (Å²) in [6.07, 6.45) is -5.81. The minimum absolute atomic E-state index is 0.113. The van der Waals surface area contributed by atoms with Crippen LogP contribution in [-0.4, -0.2) is 46.5 Å². The molecule has 138 valence electrons. The van der Waals surface area contributed by atoms with Crippen molar-refractivity contribution in [2.45, 2.75) is 49.8 Å². The first-order valence-corrected chi connectivity index (χ1v) is 7.99. The van der Waals surface area contributed by atoms with Gasteiger partial charge in [0.2, 0.25) is 11.8 Å².